The topological polar surface area (TPSA) is 67.9 Å². The van der Waals surface area contributed by atoms with E-state index in [-0.39, 0.29) is 24.3 Å². The summed E-state index contributed by atoms with van der Waals surface area (Å²) in [6, 6.07) is 13.4. The fraction of sp³-hybridized carbons (Fsp3) is 0.391. The van der Waals surface area contributed by atoms with Gasteiger partial charge >= 0.3 is 0 Å². The lowest BCUT2D eigenvalue weighted by Crippen LogP contribution is -2.33. The van der Waals surface area contributed by atoms with E-state index in [1.807, 2.05) is 18.2 Å². The number of carbonyl (C=O) groups is 2. The largest absolute Gasteiger partial charge is 0.490 e. The molecule has 29 heavy (non-hydrogen) atoms. The number of anilines is 1. The first-order valence-electron chi connectivity index (χ1n) is 10.2. The molecule has 4 rings (SSSR count). The van der Waals surface area contributed by atoms with Crippen LogP contribution in [0.1, 0.15) is 48.1 Å². The van der Waals surface area contributed by atoms with Gasteiger partial charge in [-0.05, 0) is 56.1 Å². The molecule has 1 saturated heterocycles. The van der Waals surface area contributed by atoms with Crippen molar-refractivity contribution >= 4 is 17.4 Å². The second kappa shape index (κ2) is 8.66. The Kier molecular flexibility index (Phi) is 5.81. The molecule has 1 atom stereocenters. The number of likely N-dealkylation sites (tertiary alicyclic amines) is 1. The van der Waals surface area contributed by atoms with Gasteiger partial charge in [0.2, 0.25) is 5.91 Å². The number of ether oxygens (including phenoxy) is 2. The van der Waals surface area contributed by atoms with Gasteiger partial charge in [0.05, 0.1) is 25.4 Å². The van der Waals surface area contributed by atoms with E-state index in [2.05, 4.69) is 16.3 Å². The highest BCUT2D eigenvalue weighted by Crippen LogP contribution is 2.37. The molecule has 2 aliphatic rings. The average Bonchev–Trinajstić information content (AvgIpc) is 3.03. The van der Waals surface area contributed by atoms with E-state index >= 15 is 0 Å². The summed E-state index contributed by atoms with van der Waals surface area (Å²) in [5, 5.41) is 2.90. The molecule has 1 amide bonds. The first-order chi connectivity index (χ1) is 14.1. The van der Waals surface area contributed by atoms with E-state index in [0.717, 1.165) is 42.9 Å². The number of carbonyl (C=O) groups excluding carboxylic acids is 2. The molecule has 1 unspecified atom stereocenters. The summed E-state index contributed by atoms with van der Waals surface area (Å²) in [4.78, 5) is 26.7. The molecule has 2 heterocycles. The zero-order valence-electron chi connectivity index (χ0n) is 16.6. The molecular weight excluding hydrogens is 368 g/mol. The van der Waals surface area contributed by atoms with Crippen LogP contribution in [0.25, 0.3) is 0 Å². The van der Waals surface area contributed by atoms with Gasteiger partial charge in [-0.1, -0.05) is 18.2 Å². The lowest BCUT2D eigenvalue weighted by atomic mass is 10.0. The molecule has 0 bridgehead atoms. The lowest BCUT2D eigenvalue weighted by Gasteiger charge is -2.25. The summed E-state index contributed by atoms with van der Waals surface area (Å²) in [7, 11) is 0. The molecule has 0 spiro atoms. The Labute approximate surface area is 170 Å². The molecule has 1 N–H and O–H groups in total. The number of para-hydroxylation sites is 1. The second-order valence-corrected chi connectivity index (χ2v) is 7.54. The maximum absolute atomic E-state index is 12.7. The lowest BCUT2D eigenvalue weighted by molar-refractivity contribution is -0.117. The summed E-state index contributed by atoms with van der Waals surface area (Å²) < 4.78 is 11.5. The third-order valence-corrected chi connectivity index (χ3v) is 5.45. The van der Waals surface area contributed by atoms with E-state index in [4.69, 9.17) is 9.47 Å². The number of fused-ring (bicyclic) bond motifs is 1. The number of Topliss-reactive ketones (excluding diaryl/α,β-unsaturated/α-hetero) is 1. The quantitative estimate of drug-likeness (QED) is 0.781. The van der Waals surface area contributed by atoms with Crippen LogP contribution in [0.3, 0.4) is 0 Å². The third-order valence-electron chi connectivity index (χ3n) is 5.45. The number of hydrogen-bond acceptors (Lipinski definition) is 5. The summed E-state index contributed by atoms with van der Waals surface area (Å²) in [6.07, 6.45) is 2.91. The number of nitrogens with zero attached hydrogens (tertiary/aromatic N) is 1. The number of rotatable bonds is 5. The van der Waals surface area contributed by atoms with Gasteiger partial charge in [-0.15, -0.1) is 0 Å². The Morgan fingerprint density at radius 2 is 1.86 bits per heavy atom. The standard InChI is InChI=1S/C23H26N2O4/c1-16(26)18-6-2-3-7-19(18)24-23(27)15-25-11-4-8-20(25)17-9-10-21-22(14-17)29-13-5-12-28-21/h2-3,6-7,9-10,14,20H,4-5,8,11-13,15H2,1H3,(H,24,27). The predicted octanol–water partition coefficient (Wildman–Crippen LogP) is 3.83. The van der Waals surface area contributed by atoms with Crippen molar-refractivity contribution in [1.82, 2.24) is 4.90 Å². The average molecular weight is 394 g/mol. The summed E-state index contributed by atoms with van der Waals surface area (Å²) in [5.74, 6) is 1.40. The van der Waals surface area contributed by atoms with E-state index in [1.54, 1.807) is 18.2 Å². The van der Waals surface area contributed by atoms with Crippen molar-refractivity contribution in [2.45, 2.75) is 32.2 Å². The molecule has 2 aromatic rings. The van der Waals surface area contributed by atoms with Gasteiger partial charge in [0.15, 0.2) is 17.3 Å². The Bertz CT molecular complexity index is 912. The SMILES string of the molecule is CC(=O)c1ccccc1NC(=O)CN1CCCC1c1ccc2c(c1)OCCCO2. The molecule has 152 valence electrons. The minimum Gasteiger partial charge on any atom is -0.490 e. The summed E-state index contributed by atoms with van der Waals surface area (Å²) in [6.45, 7) is 3.98. The van der Waals surface area contributed by atoms with Crippen LogP contribution in [-0.4, -0.2) is 42.9 Å². The monoisotopic (exact) mass is 394 g/mol. The number of hydrogen-bond donors (Lipinski definition) is 1. The number of amides is 1. The van der Waals surface area contributed by atoms with Gasteiger partial charge in [-0.25, -0.2) is 0 Å². The normalized spacial score (nSPS) is 18.9. The maximum Gasteiger partial charge on any atom is 0.238 e. The smallest absolute Gasteiger partial charge is 0.238 e. The molecule has 2 aromatic carbocycles. The Balaban J connectivity index is 1.46. The number of nitrogens with one attached hydrogen (secondary N) is 1. The van der Waals surface area contributed by atoms with Crippen molar-refractivity contribution in [3.05, 3.63) is 53.6 Å². The van der Waals surface area contributed by atoms with Gasteiger partial charge in [-0.2, -0.15) is 0 Å². The van der Waals surface area contributed by atoms with Gasteiger partial charge in [0.1, 0.15) is 0 Å². The molecule has 0 saturated carbocycles. The van der Waals surface area contributed by atoms with Crippen molar-refractivity contribution in [1.29, 1.82) is 0 Å². The molecule has 2 aliphatic heterocycles. The fourth-order valence-electron chi connectivity index (χ4n) is 4.05. The van der Waals surface area contributed by atoms with Crippen LogP contribution in [0.2, 0.25) is 0 Å². The van der Waals surface area contributed by atoms with Gasteiger partial charge in [0.25, 0.3) is 0 Å². The Morgan fingerprint density at radius 1 is 1.07 bits per heavy atom. The fourth-order valence-corrected chi connectivity index (χ4v) is 4.05. The second-order valence-electron chi connectivity index (χ2n) is 7.54. The van der Waals surface area contributed by atoms with Crippen LogP contribution in [0.4, 0.5) is 5.69 Å². The first kappa shape index (κ1) is 19.5. The third kappa shape index (κ3) is 4.43. The van der Waals surface area contributed by atoms with Crippen LogP contribution in [0, 0.1) is 0 Å². The zero-order valence-corrected chi connectivity index (χ0v) is 16.6. The maximum atomic E-state index is 12.7. The number of ketones is 1. The minimum atomic E-state index is -0.111. The molecule has 0 aliphatic carbocycles. The van der Waals surface area contributed by atoms with Crippen molar-refractivity contribution in [2.24, 2.45) is 0 Å². The molecule has 0 radical (unpaired) electrons. The van der Waals surface area contributed by atoms with Crippen molar-refractivity contribution in [2.75, 3.05) is 31.6 Å². The van der Waals surface area contributed by atoms with Crippen LogP contribution >= 0.6 is 0 Å². The van der Waals surface area contributed by atoms with E-state index in [0.29, 0.717) is 24.5 Å². The molecule has 1 fully saturated rings. The van der Waals surface area contributed by atoms with Gasteiger partial charge < -0.3 is 14.8 Å². The molecule has 0 aromatic heterocycles. The van der Waals surface area contributed by atoms with Crippen molar-refractivity contribution in [3.63, 3.8) is 0 Å². The van der Waals surface area contributed by atoms with Crippen LogP contribution in [-0.2, 0) is 4.79 Å². The summed E-state index contributed by atoms with van der Waals surface area (Å²) >= 11 is 0. The van der Waals surface area contributed by atoms with Crippen LogP contribution < -0.4 is 14.8 Å². The van der Waals surface area contributed by atoms with Crippen molar-refractivity contribution < 1.29 is 19.1 Å². The Hall–Kier alpha value is -2.86. The van der Waals surface area contributed by atoms with Crippen LogP contribution in [0.15, 0.2) is 42.5 Å². The highest BCUT2D eigenvalue weighted by atomic mass is 16.5. The molecule has 6 heteroatoms. The zero-order chi connectivity index (χ0) is 20.2. The van der Waals surface area contributed by atoms with E-state index < -0.39 is 0 Å². The van der Waals surface area contributed by atoms with E-state index in [9.17, 15) is 9.59 Å². The van der Waals surface area contributed by atoms with Crippen molar-refractivity contribution in [3.8, 4) is 11.5 Å². The van der Waals surface area contributed by atoms with Crippen LogP contribution in [0.5, 0.6) is 11.5 Å². The summed E-state index contributed by atoms with van der Waals surface area (Å²) in [5.41, 5.74) is 2.24. The molecular formula is C23H26N2O4. The van der Waals surface area contributed by atoms with Gasteiger partial charge in [-0.3, -0.25) is 14.5 Å². The minimum absolute atomic E-state index is 0.0628. The number of benzene rings is 2. The first-order valence-corrected chi connectivity index (χ1v) is 10.2. The highest BCUT2D eigenvalue weighted by Gasteiger charge is 2.29. The molecule has 6 nitrogen and oxygen atoms in total. The van der Waals surface area contributed by atoms with E-state index in [1.165, 1.54) is 6.92 Å². The Morgan fingerprint density at radius 3 is 2.69 bits per heavy atom. The van der Waals surface area contributed by atoms with Gasteiger partial charge in [0, 0.05) is 18.0 Å². The highest BCUT2D eigenvalue weighted by molar-refractivity contribution is 6.04. The predicted molar refractivity (Wildman–Crippen MR) is 111 cm³/mol.